The molecule has 1 aliphatic carbocycles. The first-order valence-electron chi connectivity index (χ1n) is 16.1. The number of anilines is 1. The minimum Gasteiger partial charge on any atom is -0.464 e. The third-order valence-electron chi connectivity index (χ3n) is 9.00. The zero-order valence-electron chi connectivity index (χ0n) is 26.7. The first-order valence-corrected chi connectivity index (χ1v) is 16.1. The van der Waals surface area contributed by atoms with Gasteiger partial charge < -0.3 is 23.9 Å². The van der Waals surface area contributed by atoms with Crippen LogP contribution >= 0.6 is 0 Å². The Labute approximate surface area is 260 Å². The highest BCUT2D eigenvalue weighted by Crippen LogP contribution is 2.50. The van der Waals surface area contributed by atoms with Crippen molar-refractivity contribution in [3.8, 4) is 0 Å². The maximum absolute atomic E-state index is 14.3. The molecule has 44 heavy (non-hydrogen) atoms. The summed E-state index contributed by atoms with van der Waals surface area (Å²) in [7, 11) is 0. The summed E-state index contributed by atoms with van der Waals surface area (Å²) in [6, 6.07) is 18.5. The van der Waals surface area contributed by atoms with Crippen LogP contribution in [0.1, 0.15) is 93.5 Å². The molecule has 1 saturated carbocycles. The number of nitrogens with one attached hydrogen (secondary N) is 1. The fourth-order valence-electron chi connectivity index (χ4n) is 6.56. The normalized spacial score (nSPS) is 17.0. The lowest BCUT2D eigenvalue weighted by Gasteiger charge is -2.33. The van der Waals surface area contributed by atoms with Gasteiger partial charge in [0.1, 0.15) is 23.2 Å². The van der Waals surface area contributed by atoms with Crippen LogP contribution in [0.3, 0.4) is 0 Å². The van der Waals surface area contributed by atoms with E-state index < -0.39 is 11.0 Å². The molecule has 1 atom stereocenters. The van der Waals surface area contributed by atoms with E-state index in [2.05, 4.69) is 64.2 Å². The van der Waals surface area contributed by atoms with Crippen molar-refractivity contribution in [2.45, 2.75) is 96.7 Å². The van der Waals surface area contributed by atoms with E-state index >= 15 is 0 Å². The molecule has 1 N–H and O–H groups in total. The third kappa shape index (κ3) is 6.28. The average Bonchev–Trinajstić information content (AvgIpc) is 3.54. The Bertz CT molecular complexity index is 1660. The SMILES string of the molecule is Cc1ccc(C(NC(=O)C2(c3ccc4c(ccn4CCC(=O)OC(C)(C)C)c3)CC2)c2ccc(C)o2)c(N2CCCCC2)c1. The lowest BCUT2D eigenvalue weighted by molar-refractivity contribution is -0.155. The number of esters is 1. The molecule has 232 valence electrons. The molecule has 6 rings (SSSR count). The van der Waals surface area contributed by atoms with Gasteiger partial charge in [-0.05, 0) is 120 Å². The lowest BCUT2D eigenvalue weighted by atomic mass is 9.92. The number of aryl methyl sites for hydroxylation is 3. The predicted molar refractivity (Wildman–Crippen MR) is 174 cm³/mol. The summed E-state index contributed by atoms with van der Waals surface area (Å²) < 4.78 is 13.7. The molecule has 3 heterocycles. The van der Waals surface area contributed by atoms with Crippen LogP contribution in [0.15, 0.2) is 65.2 Å². The van der Waals surface area contributed by atoms with Crippen LogP contribution in [0.4, 0.5) is 5.69 Å². The van der Waals surface area contributed by atoms with Gasteiger partial charge >= 0.3 is 5.97 Å². The number of benzene rings is 2. The highest BCUT2D eigenvalue weighted by molar-refractivity contribution is 5.93. The third-order valence-corrected chi connectivity index (χ3v) is 9.00. The summed E-state index contributed by atoms with van der Waals surface area (Å²) >= 11 is 0. The van der Waals surface area contributed by atoms with E-state index in [1.54, 1.807) is 0 Å². The van der Waals surface area contributed by atoms with Gasteiger partial charge in [0.05, 0.1) is 11.8 Å². The van der Waals surface area contributed by atoms with Crippen LogP contribution in [0.5, 0.6) is 0 Å². The zero-order valence-corrected chi connectivity index (χ0v) is 26.7. The molecule has 7 nitrogen and oxygen atoms in total. The van der Waals surface area contributed by atoms with Crippen LogP contribution in [-0.2, 0) is 26.3 Å². The van der Waals surface area contributed by atoms with Gasteiger partial charge in [0.15, 0.2) is 0 Å². The number of aromatic nitrogens is 1. The van der Waals surface area contributed by atoms with E-state index in [9.17, 15) is 9.59 Å². The number of nitrogens with zero attached hydrogens (tertiary/aromatic N) is 2. The van der Waals surface area contributed by atoms with Gasteiger partial charge in [-0.25, -0.2) is 0 Å². The Morgan fingerprint density at radius 1 is 0.977 bits per heavy atom. The second-order valence-corrected chi connectivity index (χ2v) is 13.7. The molecule has 2 aliphatic rings. The Kier molecular flexibility index (Phi) is 8.08. The standard InChI is InChI=1S/C37H45N3O4/c1-25-9-12-29(31(23-25)39-19-7-6-8-20-39)34(32-14-10-26(2)43-32)38-35(42)37(17-18-37)28-11-13-30-27(24-28)15-21-40(30)22-16-33(41)44-36(3,4)5/h9-15,21,23-24,34H,6-8,16-20,22H2,1-5H3,(H,38,42). The van der Waals surface area contributed by atoms with Gasteiger partial charge in [0.2, 0.25) is 5.91 Å². The summed E-state index contributed by atoms with van der Waals surface area (Å²) in [6.45, 7) is 12.3. The number of carbonyl (C=O) groups excluding carboxylic acids is 2. The summed E-state index contributed by atoms with van der Waals surface area (Å²) in [5.74, 6) is 1.41. The minimum absolute atomic E-state index is 0.0328. The monoisotopic (exact) mass is 595 g/mol. The molecular formula is C37H45N3O4. The molecule has 4 aromatic rings. The highest BCUT2D eigenvalue weighted by atomic mass is 16.6. The summed E-state index contributed by atoms with van der Waals surface area (Å²) in [5.41, 5.74) is 4.48. The van der Waals surface area contributed by atoms with Crippen molar-refractivity contribution < 1.29 is 18.7 Å². The van der Waals surface area contributed by atoms with Gasteiger partial charge in [-0.1, -0.05) is 18.2 Å². The molecule has 0 spiro atoms. The Balaban J connectivity index is 1.26. The van der Waals surface area contributed by atoms with E-state index in [-0.39, 0.29) is 17.9 Å². The summed E-state index contributed by atoms with van der Waals surface area (Å²) in [4.78, 5) is 29.0. The maximum Gasteiger partial charge on any atom is 0.308 e. The molecule has 0 bridgehead atoms. The maximum atomic E-state index is 14.3. The molecule has 1 saturated heterocycles. The van der Waals surface area contributed by atoms with E-state index in [1.807, 2.05) is 46.0 Å². The van der Waals surface area contributed by atoms with E-state index in [1.165, 1.54) is 30.5 Å². The fraction of sp³-hybridized carbons (Fsp3) is 0.459. The number of rotatable bonds is 9. The summed E-state index contributed by atoms with van der Waals surface area (Å²) in [6.07, 6.45) is 7.54. The molecular weight excluding hydrogens is 550 g/mol. The molecule has 1 aliphatic heterocycles. The number of carbonyl (C=O) groups is 2. The quantitative estimate of drug-likeness (QED) is 0.203. The largest absolute Gasteiger partial charge is 0.464 e. The van der Waals surface area contributed by atoms with Crippen molar-refractivity contribution in [2.75, 3.05) is 18.0 Å². The Morgan fingerprint density at radius 3 is 2.43 bits per heavy atom. The van der Waals surface area contributed by atoms with Crippen molar-refractivity contribution in [3.05, 3.63) is 89.0 Å². The predicted octanol–water partition coefficient (Wildman–Crippen LogP) is 7.51. The molecule has 2 aromatic carbocycles. The first kappa shape index (κ1) is 30.0. The van der Waals surface area contributed by atoms with Crippen LogP contribution < -0.4 is 10.2 Å². The molecule has 7 heteroatoms. The number of hydrogen-bond acceptors (Lipinski definition) is 5. The highest BCUT2D eigenvalue weighted by Gasteiger charge is 2.52. The van der Waals surface area contributed by atoms with Crippen LogP contribution in [0, 0.1) is 13.8 Å². The van der Waals surface area contributed by atoms with Crippen molar-refractivity contribution >= 4 is 28.5 Å². The zero-order chi connectivity index (χ0) is 31.1. The summed E-state index contributed by atoms with van der Waals surface area (Å²) in [5, 5.41) is 4.52. The van der Waals surface area contributed by atoms with Crippen LogP contribution in [0.25, 0.3) is 10.9 Å². The van der Waals surface area contributed by atoms with Gasteiger partial charge in [0.25, 0.3) is 0 Å². The van der Waals surface area contributed by atoms with E-state index in [0.717, 1.165) is 59.5 Å². The Morgan fingerprint density at radius 2 is 1.75 bits per heavy atom. The topological polar surface area (TPSA) is 76.7 Å². The van der Waals surface area contributed by atoms with Gasteiger partial charge in [0, 0.05) is 42.6 Å². The van der Waals surface area contributed by atoms with Crippen molar-refractivity contribution in [1.82, 2.24) is 9.88 Å². The second-order valence-electron chi connectivity index (χ2n) is 13.7. The van der Waals surface area contributed by atoms with Gasteiger partial charge in [-0.3, -0.25) is 9.59 Å². The van der Waals surface area contributed by atoms with E-state index in [0.29, 0.717) is 13.0 Å². The number of ether oxygens (including phenoxy) is 1. The molecule has 0 radical (unpaired) electrons. The van der Waals surface area contributed by atoms with Crippen molar-refractivity contribution in [3.63, 3.8) is 0 Å². The molecule has 2 fully saturated rings. The molecule has 1 amide bonds. The van der Waals surface area contributed by atoms with Gasteiger partial charge in [-0.15, -0.1) is 0 Å². The van der Waals surface area contributed by atoms with Crippen molar-refractivity contribution in [2.24, 2.45) is 0 Å². The fourth-order valence-corrected chi connectivity index (χ4v) is 6.56. The molecule has 2 aromatic heterocycles. The number of fused-ring (bicyclic) bond motifs is 1. The number of amides is 1. The second kappa shape index (κ2) is 11.8. The lowest BCUT2D eigenvalue weighted by Crippen LogP contribution is -2.39. The molecule has 1 unspecified atom stereocenters. The smallest absolute Gasteiger partial charge is 0.308 e. The average molecular weight is 596 g/mol. The van der Waals surface area contributed by atoms with Crippen molar-refractivity contribution in [1.29, 1.82) is 0 Å². The number of furan rings is 1. The number of piperidine rings is 1. The van der Waals surface area contributed by atoms with Crippen LogP contribution in [-0.4, -0.2) is 35.1 Å². The van der Waals surface area contributed by atoms with E-state index in [4.69, 9.17) is 9.15 Å². The first-order chi connectivity index (χ1) is 21.0. The number of hydrogen-bond donors (Lipinski definition) is 1. The van der Waals surface area contributed by atoms with Gasteiger partial charge in [-0.2, -0.15) is 0 Å². The minimum atomic E-state index is -0.567. The Hall–Kier alpha value is -4.00. The van der Waals surface area contributed by atoms with Crippen LogP contribution in [0.2, 0.25) is 0 Å².